The van der Waals surface area contributed by atoms with Gasteiger partial charge in [-0.15, -0.1) is 0 Å². The summed E-state index contributed by atoms with van der Waals surface area (Å²) in [5.74, 6) is 0. The second-order valence-corrected chi connectivity index (χ2v) is 7.28. The minimum absolute atomic E-state index is 1.01. The van der Waals surface area contributed by atoms with E-state index < -0.39 is 0 Å². The molecule has 2 nitrogen and oxygen atoms in total. The lowest BCUT2D eigenvalue weighted by molar-refractivity contribution is 1.01. The Morgan fingerprint density at radius 2 is 1.03 bits per heavy atom. The van der Waals surface area contributed by atoms with Crippen molar-refractivity contribution in [1.82, 2.24) is 9.61 Å². The van der Waals surface area contributed by atoms with E-state index in [2.05, 4.69) is 108 Å². The second kappa shape index (κ2) is 6.32. The molecule has 2 heterocycles. The van der Waals surface area contributed by atoms with E-state index in [-0.39, 0.29) is 0 Å². The van der Waals surface area contributed by atoms with Gasteiger partial charge in [0.1, 0.15) is 5.69 Å². The zero-order chi connectivity index (χ0) is 19.2. The molecule has 4 aromatic carbocycles. The fourth-order valence-corrected chi connectivity index (χ4v) is 4.33. The lowest BCUT2D eigenvalue weighted by Gasteiger charge is -2.09. The summed E-state index contributed by atoms with van der Waals surface area (Å²) in [7, 11) is 0. The van der Waals surface area contributed by atoms with Gasteiger partial charge in [0.2, 0.25) is 0 Å². The first-order chi connectivity index (χ1) is 14.4. The summed E-state index contributed by atoms with van der Waals surface area (Å²) in [5, 5.41) is 8.85. The Hall–Kier alpha value is -3.91. The topological polar surface area (TPSA) is 17.3 Å². The molecule has 6 rings (SSSR count). The zero-order valence-corrected chi connectivity index (χ0v) is 15.8. The highest BCUT2D eigenvalue weighted by atomic mass is 15.2. The van der Waals surface area contributed by atoms with Gasteiger partial charge in [0.15, 0.2) is 0 Å². The largest absolute Gasteiger partial charge is 0.231 e. The highest BCUT2D eigenvalue weighted by molar-refractivity contribution is 6.16. The highest BCUT2D eigenvalue weighted by Crippen LogP contribution is 2.40. The number of para-hydroxylation sites is 1. The minimum Gasteiger partial charge on any atom is -0.231 e. The molecule has 2 aromatic heterocycles. The highest BCUT2D eigenvalue weighted by Gasteiger charge is 2.20. The van der Waals surface area contributed by atoms with Crippen LogP contribution in [0.5, 0.6) is 0 Å². The molecule has 136 valence electrons. The average molecular weight is 370 g/mol. The van der Waals surface area contributed by atoms with Crippen LogP contribution in [0, 0.1) is 0 Å². The van der Waals surface area contributed by atoms with Crippen LogP contribution in [0.2, 0.25) is 0 Å². The summed E-state index contributed by atoms with van der Waals surface area (Å²) in [4.78, 5) is 0. The molecule has 6 aromatic rings. The molecule has 0 unspecified atom stereocenters. The van der Waals surface area contributed by atoms with E-state index in [1.165, 1.54) is 27.3 Å². The number of benzene rings is 4. The van der Waals surface area contributed by atoms with Crippen LogP contribution >= 0.6 is 0 Å². The number of rotatable bonds is 2. The number of pyridine rings is 1. The van der Waals surface area contributed by atoms with E-state index in [9.17, 15) is 0 Å². The molecule has 0 atom stereocenters. The Morgan fingerprint density at radius 3 is 1.76 bits per heavy atom. The van der Waals surface area contributed by atoms with Crippen LogP contribution < -0.4 is 0 Å². The number of hydrogen-bond donors (Lipinski definition) is 0. The van der Waals surface area contributed by atoms with Gasteiger partial charge in [0.05, 0.1) is 11.0 Å². The predicted molar refractivity (Wildman–Crippen MR) is 121 cm³/mol. The molecule has 0 spiro atoms. The molecule has 29 heavy (non-hydrogen) atoms. The maximum absolute atomic E-state index is 5.15. The standard InChI is InChI=1S/C27H18N2/c1-3-11-19(12-4-1)25-26(20-13-5-2-6-14-20)28-29-24-18-10-9-16-22(24)21-15-7-8-17-23(21)27(25)29/h1-18H. The molecule has 0 radical (unpaired) electrons. The van der Waals surface area contributed by atoms with Crippen molar-refractivity contribution in [3.8, 4) is 22.4 Å². The van der Waals surface area contributed by atoms with Crippen molar-refractivity contribution < 1.29 is 0 Å². The fourth-order valence-electron chi connectivity index (χ4n) is 4.33. The van der Waals surface area contributed by atoms with Crippen molar-refractivity contribution in [2.45, 2.75) is 0 Å². The van der Waals surface area contributed by atoms with E-state index in [1.807, 2.05) is 6.07 Å². The quantitative estimate of drug-likeness (QED) is 0.301. The second-order valence-electron chi connectivity index (χ2n) is 7.28. The monoisotopic (exact) mass is 370 g/mol. The van der Waals surface area contributed by atoms with Crippen LogP contribution in [0.25, 0.3) is 49.6 Å². The van der Waals surface area contributed by atoms with Gasteiger partial charge in [-0.25, -0.2) is 4.52 Å². The average Bonchev–Trinajstić information content (AvgIpc) is 3.22. The molecule has 0 aliphatic rings. The summed E-state index contributed by atoms with van der Waals surface area (Å²) in [6.45, 7) is 0. The lowest BCUT2D eigenvalue weighted by Crippen LogP contribution is -1.92. The van der Waals surface area contributed by atoms with Crippen molar-refractivity contribution in [1.29, 1.82) is 0 Å². The summed E-state index contributed by atoms with van der Waals surface area (Å²) in [5.41, 5.74) is 6.78. The third kappa shape index (κ3) is 2.39. The molecule has 0 aliphatic heterocycles. The van der Waals surface area contributed by atoms with Crippen molar-refractivity contribution in [3.05, 3.63) is 109 Å². The van der Waals surface area contributed by atoms with Crippen LogP contribution in [0.1, 0.15) is 0 Å². The number of aromatic nitrogens is 2. The Kier molecular flexibility index (Phi) is 3.50. The fraction of sp³-hybridized carbons (Fsp3) is 0. The van der Waals surface area contributed by atoms with Gasteiger partial charge < -0.3 is 0 Å². The third-order valence-electron chi connectivity index (χ3n) is 5.60. The summed E-state index contributed by atoms with van der Waals surface area (Å²) in [6.07, 6.45) is 0. The first-order valence-corrected chi connectivity index (χ1v) is 9.85. The molecule has 2 heteroatoms. The molecule has 0 saturated heterocycles. The van der Waals surface area contributed by atoms with E-state index in [1.54, 1.807) is 0 Å². The molecule has 0 amide bonds. The molecular formula is C27H18N2. The molecule has 0 saturated carbocycles. The molecule has 0 N–H and O–H groups in total. The maximum atomic E-state index is 5.15. The van der Waals surface area contributed by atoms with E-state index in [4.69, 9.17) is 5.10 Å². The van der Waals surface area contributed by atoms with Gasteiger partial charge in [0, 0.05) is 21.9 Å². The lowest BCUT2D eigenvalue weighted by atomic mass is 9.96. The van der Waals surface area contributed by atoms with Gasteiger partial charge in [-0.2, -0.15) is 5.10 Å². The number of fused-ring (bicyclic) bond motifs is 6. The predicted octanol–water partition coefficient (Wildman–Crippen LogP) is 6.97. The first kappa shape index (κ1) is 16.1. The van der Waals surface area contributed by atoms with Crippen molar-refractivity contribution in [3.63, 3.8) is 0 Å². The number of hydrogen-bond acceptors (Lipinski definition) is 1. The van der Waals surface area contributed by atoms with Crippen LogP contribution in [0.4, 0.5) is 0 Å². The van der Waals surface area contributed by atoms with Crippen molar-refractivity contribution >= 4 is 27.2 Å². The van der Waals surface area contributed by atoms with Crippen molar-refractivity contribution in [2.75, 3.05) is 0 Å². The van der Waals surface area contributed by atoms with Crippen LogP contribution in [0.15, 0.2) is 109 Å². The maximum Gasteiger partial charge on any atom is 0.101 e. The summed E-state index contributed by atoms with van der Waals surface area (Å²) < 4.78 is 2.13. The minimum atomic E-state index is 1.01. The zero-order valence-electron chi connectivity index (χ0n) is 15.8. The van der Waals surface area contributed by atoms with Crippen LogP contribution in [-0.2, 0) is 0 Å². The molecule has 0 aliphatic carbocycles. The SMILES string of the molecule is c1ccc(-c2nn3c4ccccc4c4ccccc4c3c2-c2ccccc2)cc1. The van der Waals surface area contributed by atoms with Gasteiger partial charge in [0.25, 0.3) is 0 Å². The molecule has 0 fully saturated rings. The van der Waals surface area contributed by atoms with Gasteiger partial charge in [-0.1, -0.05) is 103 Å². The van der Waals surface area contributed by atoms with Gasteiger partial charge in [-0.05, 0) is 17.0 Å². The van der Waals surface area contributed by atoms with Crippen molar-refractivity contribution in [2.24, 2.45) is 0 Å². The Morgan fingerprint density at radius 1 is 0.483 bits per heavy atom. The smallest absolute Gasteiger partial charge is 0.101 e. The van der Waals surface area contributed by atoms with Crippen LogP contribution in [0.3, 0.4) is 0 Å². The molecular weight excluding hydrogens is 352 g/mol. The number of nitrogens with zero attached hydrogens (tertiary/aromatic N) is 2. The molecule has 0 bridgehead atoms. The van der Waals surface area contributed by atoms with E-state index in [0.29, 0.717) is 0 Å². The Bertz CT molecular complexity index is 1480. The Balaban J connectivity index is 1.90. The summed E-state index contributed by atoms with van der Waals surface area (Å²) >= 11 is 0. The van der Waals surface area contributed by atoms with E-state index >= 15 is 0 Å². The first-order valence-electron chi connectivity index (χ1n) is 9.85. The third-order valence-corrected chi connectivity index (χ3v) is 5.60. The van der Waals surface area contributed by atoms with E-state index in [0.717, 1.165) is 22.3 Å². The van der Waals surface area contributed by atoms with Gasteiger partial charge in [-0.3, -0.25) is 0 Å². The summed E-state index contributed by atoms with van der Waals surface area (Å²) in [6, 6.07) is 38.2. The Labute approximate surface area is 168 Å². The normalized spacial score (nSPS) is 11.4. The van der Waals surface area contributed by atoms with Crippen LogP contribution in [-0.4, -0.2) is 9.61 Å². The van der Waals surface area contributed by atoms with Gasteiger partial charge >= 0.3 is 0 Å².